The van der Waals surface area contributed by atoms with E-state index in [0.717, 1.165) is 42.2 Å². The molecule has 0 radical (unpaired) electrons. The zero-order chi connectivity index (χ0) is 18.2. The van der Waals surface area contributed by atoms with Gasteiger partial charge < -0.3 is 9.64 Å². The summed E-state index contributed by atoms with van der Waals surface area (Å²) >= 11 is 1.79. The fourth-order valence-electron chi connectivity index (χ4n) is 3.63. The van der Waals surface area contributed by atoms with Crippen LogP contribution >= 0.6 is 11.3 Å². The third-order valence-corrected chi connectivity index (χ3v) is 6.21. The molecule has 1 aliphatic heterocycles. The van der Waals surface area contributed by atoms with Crippen molar-refractivity contribution < 1.29 is 4.74 Å². The molecule has 0 bridgehead atoms. The molecule has 0 N–H and O–H groups in total. The number of fused-ring (bicyclic) bond motifs is 2. The highest BCUT2D eigenvalue weighted by atomic mass is 32.1. The van der Waals surface area contributed by atoms with Crippen LogP contribution in [-0.4, -0.2) is 39.3 Å². The molecule has 0 spiro atoms. The van der Waals surface area contributed by atoms with Crippen molar-refractivity contribution in [2.75, 3.05) is 24.6 Å². The molecule has 4 heterocycles. The van der Waals surface area contributed by atoms with Crippen molar-refractivity contribution in [2.45, 2.75) is 19.8 Å². The van der Waals surface area contributed by atoms with Crippen LogP contribution in [0.5, 0.6) is 5.88 Å². The van der Waals surface area contributed by atoms with E-state index in [2.05, 4.69) is 40.1 Å². The number of hydrogen-bond donors (Lipinski definition) is 0. The van der Waals surface area contributed by atoms with Crippen LogP contribution < -0.4 is 9.64 Å². The normalized spacial score (nSPS) is 17.2. The highest BCUT2D eigenvalue weighted by Crippen LogP contribution is 2.33. The van der Waals surface area contributed by atoms with Crippen LogP contribution in [0.3, 0.4) is 0 Å². The van der Waals surface area contributed by atoms with Gasteiger partial charge in [-0.1, -0.05) is 30.4 Å². The second-order valence-corrected chi connectivity index (χ2v) is 7.94. The smallest absolute Gasteiger partial charge is 0.231 e. The lowest BCUT2D eigenvalue weighted by atomic mass is 10.1. The van der Waals surface area contributed by atoms with Crippen LogP contribution in [-0.2, 0) is 6.42 Å². The van der Waals surface area contributed by atoms with Gasteiger partial charge in [-0.2, -0.15) is 0 Å². The number of benzene rings is 1. The van der Waals surface area contributed by atoms with Gasteiger partial charge in [-0.25, -0.2) is 14.5 Å². The number of thiazole rings is 1. The zero-order valence-electron chi connectivity index (χ0n) is 15.2. The molecule has 0 saturated carbocycles. The first kappa shape index (κ1) is 16.5. The topological polar surface area (TPSA) is 55.5 Å². The molecule has 0 amide bonds. The minimum absolute atomic E-state index is 0.489. The van der Waals surface area contributed by atoms with Crippen LogP contribution in [0.1, 0.15) is 18.9 Å². The number of ether oxygens (including phenoxy) is 1. The molecular weight excluding hydrogens is 358 g/mol. The first-order chi connectivity index (χ1) is 13.3. The molecule has 6 nitrogen and oxygen atoms in total. The molecule has 4 aromatic rings. The van der Waals surface area contributed by atoms with Crippen molar-refractivity contribution in [3.63, 3.8) is 0 Å². The number of aryl methyl sites for hydroxylation is 1. The highest BCUT2D eigenvalue weighted by Gasteiger charge is 2.26. The first-order valence-electron chi connectivity index (χ1n) is 9.36. The second kappa shape index (κ2) is 6.81. The highest BCUT2D eigenvalue weighted by molar-refractivity contribution is 7.22. The number of imidazole rings is 1. The maximum absolute atomic E-state index is 5.94. The molecule has 27 heavy (non-hydrogen) atoms. The summed E-state index contributed by atoms with van der Waals surface area (Å²) in [5, 5.41) is 5.56. The maximum atomic E-state index is 5.94. The number of nitrogens with zero attached hydrogens (tertiary/aromatic N) is 5. The van der Waals surface area contributed by atoms with Crippen molar-refractivity contribution in [1.29, 1.82) is 0 Å². The number of hydrogen-bond acceptors (Lipinski definition) is 6. The molecule has 1 aliphatic rings. The first-order valence-corrected chi connectivity index (χ1v) is 10.2. The lowest BCUT2D eigenvalue weighted by molar-refractivity contribution is 0.249. The van der Waals surface area contributed by atoms with Crippen molar-refractivity contribution in [3.8, 4) is 5.88 Å². The molecule has 3 aromatic heterocycles. The summed E-state index contributed by atoms with van der Waals surface area (Å²) in [5.74, 6) is 1.13. The van der Waals surface area contributed by atoms with E-state index in [1.165, 1.54) is 10.3 Å². The summed E-state index contributed by atoms with van der Waals surface area (Å²) in [7, 11) is 0. The molecule has 1 atom stereocenters. The van der Waals surface area contributed by atoms with Gasteiger partial charge in [0.25, 0.3) is 0 Å². The van der Waals surface area contributed by atoms with Crippen LogP contribution in [0.4, 0.5) is 5.13 Å². The predicted molar refractivity (Wildman–Crippen MR) is 108 cm³/mol. The van der Waals surface area contributed by atoms with Gasteiger partial charge in [0.2, 0.25) is 5.88 Å². The maximum Gasteiger partial charge on any atom is 0.231 e. The van der Waals surface area contributed by atoms with E-state index in [4.69, 9.17) is 9.72 Å². The van der Waals surface area contributed by atoms with Crippen molar-refractivity contribution in [1.82, 2.24) is 19.6 Å². The molecule has 1 saturated heterocycles. The van der Waals surface area contributed by atoms with Crippen molar-refractivity contribution in [2.24, 2.45) is 5.92 Å². The van der Waals surface area contributed by atoms with Gasteiger partial charge in [-0.05, 0) is 30.5 Å². The Morgan fingerprint density at radius 2 is 2.22 bits per heavy atom. The Balaban J connectivity index is 1.26. The molecular formula is C20H21N5OS. The lowest BCUT2D eigenvalue weighted by Gasteiger charge is -2.15. The van der Waals surface area contributed by atoms with E-state index in [0.29, 0.717) is 18.4 Å². The van der Waals surface area contributed by atoms with Gasteiger partial charge in [-0.15, -0.1) is 5.10 Å². The lowest BCUT2D eigenvalue weighted by Crippen LogP contribution is -2.21. The Bertz CT molecular complexity index is 1090. The van der Waals surface area contributed by atoms with E-state index < -0.39 is 0 Å². The summed E-state index contributed by atoms with van der Waals surface area (Å²) < 4.78 is 8.96. The molecule has 138 valence electrons. The Hall–Kier alpha value is -2.67. The Labute approximate surface area is 161 Å². The van der Waals surface area contributed by atoms with Crippen LogP contribution in [0.2, 0.25) is 0 Å². The number of rotatable bonds is 5. The van der Waals surface area contributed by atoms with Gasteiger partial charge in [0.05, 0.1) is 16.8 Å². The van der Waals surface area contributed by atoms with Crippen LogP contribution in [0, 0.1) is 5.92 Å². The molecule has 1 aromatic carbocycles. The molecule has 7 heteroatoms. The van der Waals surface area contributed by atoms with E-state index in [1.807, 2.05) is 18.3 Å². The Morgan fingerprint density at radius 1 is 1.26 bits per heavy atom. The fraction of sp³-hybridized carbons (Fsp3) is 0.350. The fourth-order valence-corrected chi connectivity index (χ4v) is 4.68. The van der Waals surface area contributed by atoms with Gasteiger partial charge in [-0.3, -0.25) is 0 Å². The predicted octanol–water partition coefficient (Wildman–Crippen LogP) is 3.81. The summed E-state index contributed by atoms with van der Waals surface area (Å²) in [5.41, 5.74) is 3.32. The van der Waals surface area contributed by atoms with Gasteiger partial charge >= 0.3 is 0 Å². The third kappa shape index (κ3) is 3.12. The van der Waals surface area contributed by atoms with Gasteiger partial charge in [0.15, 0.2) is 10.8 Å². The summed E-state index contributed by atoms with van der Waals surface area (Å²) in [6, 6.07) is 10.3. The van der Waals surface area contributed by atoms with Crippen LogP contribution in [0.25, 0.3) is 15.9 Å². The summed E-state index contributed by atoms with van der Waals surface area (Å²) in [6.45, 7) is 4.87. The largest absolute Gasteiger partial charge is 0.476 e. The summed E-state index contributed by atoms with van der Waals surface area (Å²) in [6.07, 6.45) is 5.70. The van der Waals surface area contributed by atoms with E-state index in [9.17, 15) is 0 Å². The Morgan fingerprint density at radius 3 is 3.15 bits per heavy atom. The van der Waals surface area contributed by atoms with E-state index in [1.54, 1.807) is 22.0 Å². The SMILES string of the molecule is CCc1cccc2sc(N3CCC(COc4ccc5nccn5n4)C3)nc12. The minimum atomic E-state index is 0.489. The number of aromatic nitrogens is 4. The van der Waals surface area contributed by atoms with Crippen molar-refractivity contribution in [3.05, 3.63) is 48.3 Å². The second-order valence-electron chi connectivity index (χ2n) is 6.93. The third-order valence-electron chi connectivity index (χ3n) is 5.13. The van der Waals surface area contributed by atoms with Gasteiger partial charge in [0.1, 0.15) is 0 Å². The average Bonchev–Trinajstić information content (AvgIpc) is 3.43. The van der Waals surface area contributed by atoms with E-state index in [-0.39, 0.29) is 0 Å². The number of anilines is 1. The van der Waals surface area contributed by atoms with Gasteiger partial charge in [0, 0.05) is 37.5 Å². The van der Waals surface area contributed by atoms with Crippen LogP contribution in [0.15, 0.2) is 42.7 Å². The molecule has 0 aliphatic carbocycles. The summed E-state index contributed by atoms with van der Waals surface area (Å²) in [4.78, 5) is 11.5. The average molecular weight is 379 g/mol. The van der Waals surface area contributed by atoms with E-state index >= 15 is 0 Å². The minimum Gasteiger partial charge on any atom is -0.476 e. The molecule has 1 unspecified atom stereocenters. The Kier molecular flexibility index (Phi) is 4.16. The van der Waals surface area contributed by atoms with Crippen molar-refractivity contribution >= 4 is 32.3 Å². The quantitative estimate of drug-likeness (QED) is 0.528. The standard InChI is InChI=1S/C20H21N5OS/c1-2-15-4-3-5-16-19(15)22-20(27-16)24-10-8-14(12-24)13-26-18-7-6-17-21-9-11-25(17)23-18/h3-7,9,11,14H,2,8,10,12-13H2,1H3. The number of para-hydroxylation sites is 1. The molecule has 1 fully saturated rings. The monoisotopic (exact) mass is 379 g/mol. The molecule has 5 rings (SSSR count). The zero-order valence-corrected chi connectivity index (χ0v) is 16.0.